The molecule has 35 heavy (non-hydrogen) atoms. The van der Waals surface area contributed by atoms with Gasteiger partial charge in [-0.2, -0.15) is 0 Å². The maximum Gasteiger partial charge on any atom is 0.335 e. The second-order valence-electron chi connectivity index (χ2n) is 7.49. The van der Waals surface area contributed by atoms with E-state index in [-0.39, 0.29) is 12.2 Å². The fourth-order valence-corrected chi connectivity index (χ4v) is 3.19. The number of esters is 3. The van der Waals surface area contributed by atoms with Crippen molar-refractivity contribution in [3.63, 3.8) is 0 Å². The number of carbonyl (C=O) groups excluding carboxylic acids is 3. The van der Waals surface area contributed by atoms with Gasteiger partial charge in [0.15, 0.2) is 11.6 Å². The van der Waals surface area contributed by atoms with Crippen LogP contribution in [0.25, 0.3) is 11.1 Å². The van der Waals surface area contributed by atoms with Crippen LogP contribution in [0.1, 0.15) is 17.5 Å². The van der Waals surface area contributed by atoms with E-state index in [9.17, 15) is 18.8 Å². The summed E-state index contributed by atoms with van der Waals surface area (Å²) in [6, 6.07) is 16.0. The minimum Gasteiger partial charge on any atom is -0.423 e. The third-order valence-corrected chi connectivity index (χ3v) is 4.96. The number of rotatable bonds is 9. The molecule has 3 rings (SSSR count). The average Bonchev–Trinajstić information content (AvgIpc) is 2.85. The van der Waals surface area contributed by atoms with Crippen molar-refractivity contribution in [3.05, 3.63) is 103 Å². The van der Waals surface area contributed by atoms with Crippen molar-refractivity contribution >= 4 is 17.9 Å². The molecule has 0 heterocycles. The lowest BCUT2D eigenvalue weighted by Gasteiger charge is -2.10. The number of hydrogen-bond acceptors (Lipinski definition) is 6. The molecule has 0 amide bonds. The Bertz CT molecular complexity index is 1280. The van der Waals surface area contributed by atoms with Crippen molar-refractivity contribution in [2.24, 2.45) is 0 Å². The third kappa shape index (κ3) is 6.98. The van der Waals surface area contributed by atoms with E-state index in [2.05, 4.69) is 13.2 Å². The van der Waals surface area contributed by atoms with Gasteiger partial charge < -0.3 is 14.2 Å². The van der Waals surface area contributed by atoms with Crippen LogP contribution in [0.3, 0.4) is 0 Å². The lowest BCUT2D eigenvalue weighted by molar-refractivity contribution is -0.134. The van der Waals surface area contributed by atoms with Gasteiger partial charge in [0.2, 0.25) is 0 Å². The monoisotopic (exact) mass is 474 g/mol. The minimum absolute atomic E-state index is 0.0390. The van der Waals surface area contributed by atoms with Gasteiger partial charge in [-0.15, -0.1) is 0 Å². The summed E-state index contributed by atoms with van der Waals surface area (Å²) in [5.41, 5.74) is 2.84. The van der Waals surface area contributed by atoms with Crippen molar-refractivity contribution < 1.29 is 33.0 Å². The average molecular weight is 474 g/mol. The second-order valence-corrected chi connectivity index (χ2v) is 7.49. The summed E-state index contributed by atoms with van der Waals surface area (Å²) in [6.45, 7) is 8.48. The Morgan fingerprint density at radius 3 is 2.06 bits per heavy atom. The van der Waals surface area contributed by atoms with Gasteiger partial charge in [0.25, 0.3) is 0 Å². The molecule has 0 atom stereocenters. The number of halogens is 1. The van der Waals surface area contributed by atoms with E-state index < -0.39 is 23.7 Å². The molecule has 7 heteroatoms. The van der Waals surface area contributed by atoms with Crippen LogP contribution in [-0.4, -0.2) is 17.9 Å². The number of hydrogen-bond donors (Lipinski definition) is 0. The van der Waals surface area contributed by atoms with Gasteiger partial charge in [0.05, 0.1) is 0 Å². The van der Waals surface area contributed by atoms with E-state index in [1.165, 1.54) is 12.1 Å². The van der Waals surface area contributed by atoms with E-state index >= 15 is 0 Å². The zero-order valence-corrected chi connectivity index (χ0v) is 19.1. The van der Waals surface area contributed by atoms with Gasteiger partial charge in [0, 0.05) is 18.6 Å². The SMILES string of the molecule is C=CC(=O)Oc1ccc(-c2ccc(OC(=O)CCc3ccc(OC(=O)C=C)c(C)c3)c(F)c2)cc1. The quantitative estimate of drug-likeness (QED) is 0.231. The first-order chi connectivity index (χ1) is 16.8. The summed E-state index contributed by atoms with van der Waals surface area (Å²) >= 11 is 0. The molecule has 0 aliphatic carbocycles. The lowest BCUT2D eigenvalue weighted by Crippen LogP contribution is -2.10. The largest absolute Gasteiger partial charge is 0.423 e. The summed E-state index contributed by atoms with van der Waals surface area (Å²) in [6.07, 6.45) is 2.55. The van der Waals surface area contributed by atoms with Gasteiger partial charge in [0.1, 0.15) is 11.5 Å². The fraction of sp³-hybridized carbons (Fsp3) is 0.107. The highest BCUT2D eigenvalue weighted by molar-refractivity contribution is 5.84. The van der Waals surface area contributed by atoms with Gasteiger partial charge in [-0.1, -0.05) is 43.5 Å². The number of ether oxygens (including phenoxy) is 3. The Labute approximate surface area is 202 Å². The van der Waals surface area contributed by atoms with E-state index in [1.807, 2.05) is 0 Å². The zero-order valence-electron chi connectivity index (χ0n) is 19.1. The first kappa shape index (κ1) is 25.1. The minimum atomic E-state index is -0.678. The van der Waals surface area contributed by atoms with Crippen LogP contribution in [0.2, 0.25) is 0 Å². The summed E-state index contributed by atoms with van der Waals surface area (Å²) in [5.74, 6) is -1.80. The third-order valence-electron chi connectivity index (χ3n) is 4.96. The lowest BCUT2D eigenvalue weighted by atomic mass is 10.1. The van der Waals surface area contributed by atoms with Crippen molar-refractivity contribution in [1.29, 1.82) is 0 Å². The van der Waals surface area contributed by atoms with Crippen molar-refractivity contribution in [1.82, 2.24) is 0 Å². The van der Waals surface area contributed by atoms with Gasteiger partial charge in [-0.05, 0) is 65.9 Å². The Kier molecular flexibility index (Phi) is 8.29. The van der Waals surface area contributed by atoms with E-state index in [1.54, 1.807) is 55.5 Å². The highest BCUT2D eigenvalue weighted by atomic mass is 19.1. The molecule has 3 aromatic rings. The molecular weight excluding hydrogens is 451 g/mol. The van der Waals surface area contributed by atoms with Crippen molar-refractivity contribution in [2.45, 2.75) is 19.8 Å². The van der Waals surface area contributed by atoms with Crippen LogP contribution in [0.4, 0.5) is 4.39 Å². The molecule has 0 radical (unpaired) electrons. The fourth-order valence-electron chi connectivity index (χ4n) is 3.19. The number of aryl methyl sites for hydroxylation is 2. The normalized spacial score (nSPS) is 10.2. The number of benzene rings is 3. The van der Waals surface area contributed by atoms with E-state index in [0.717, 1.165) is 23.3 Å². The Morgan fingerprint density at radius 1 is 0.800 bits per heavy atom. The molecular formula is C28H23FO6. The highest BCUT2D eigenvalue weighted by Crippen LogP contribution is 2.28. The van der Waals surface area contributed by atoms with Crippen molar-refractivity contribution in [3.8, 4) is 28.4 Å². The Balaban J connectivity index is 1.58. The summed E-state index contributed by atoms with van der Waals surface area (Å²) in [5, 5.41) is 0. The molecule has 0 aromatic heterocycles. The first-order valence-electron chi connectivity index (χ1n) is 10.7. The molecule has 0 aliphatic heterocycles. The smallest absolute Gasteiger partial charge is 0.335 e. The standard InChI is InChI=1S/C28H23FO6/c1-4-26(30)33-22-11-8-20(9-12-22)21-10-14-25(23(29)17-21)35-28(32)15-7-19-6-13-24(18(3)16-19)34-27(31)5-2/h4-6,8-14,16-17H,1-2,7,15H2,3H3. The van der Waals surface area contributed by atoms with E-state index in [0.29, 0.717) is 29.0 Å². The van der Waals surface area contributed by atoms with Crippen LogP contribution in [0, 0.1) is 12.7 Å². The van der Waals surface area contributed by atoms with Crippen LogP contribution < -0.4 is 14.2 Å². The van der Waals surface area contributed by atoms with Gasteiger partial charge >= 0.3 is 17.9 Å². The molecule has 0 saturated carbocycles. The molecule has 6 nitrogen and oxygen atoms in total. The Morgan fingerprint density at radius 2 is 1.43 bits per heavy atom. The zero-order chi connectivity index (χ0) is 25.4. The molecule has 0 fully saturated rings. The Hall–Kier alpha value is -4.52. The van der Waals surface area contributed by atoms with Crippen LogP contribution in [0.15, 0.2) is 86.0 Å². The predicted octanol–water partition coefficient (Wildman–Crippen LogP) is 5.52. The topological polar surface area (TPSA) is 78.9 Å². The molecule has 0 saturated heterocycles. The van der Waals surface area contributed by atoms with Crippen LogP contribution >= 0.6 is 0 Å². The maximum absolute atomic E-state index is 14.6. The molecule has 0 unspecified atom stereocenters. The van der Waals surface area contributed by atoms with Gasteiger partial charge in [-0.25, -0.2) is 14.0 Å². The summed E-state index contributed by atoms with van der Waals surface area (Å²) in [7, 11) is 0. The second kappa shape index (κ2) is 11.6. The van der Waals surface area contributed by atoms with Crippen LogP contribution in [0.5, 0.6) is 17.2 Å². The molecule has 0 spiro atoms. The van der Waals surface area contributed by atoms with Crippen LogP contribution in [-0.2, 0) is 20.8 Å². The maximum atomic E-state index is 14.6. The van der Waals surface area contributed by atoms with E-state index in [4.69, 9.17) is 14.2 Å². The first-order valence-corrected chi connectivity index (χ1v) is 10.7. The predicted molar refractivity (Wildman–Crippen MR) is 129 cm³/mol. The van der Waals surface area contributed by atoms with Gasteiger partial charge in [-0.3, -0.25) is 4.79 Å². The molecule has 178 valence electrons. The summed E-state index contributed by atoms with van der Waals surface area (Å²) < 4.78 is 29.9. The molecule has 0 aliphatic rings. The molecule has 0 bridgehead atoms. The summed E-state index contributed by atoms with van der Waals surface area (Å²) in [4.78, 5) is 34.9. The highest BCUT2D eigenvalue weighted by Gasteiger charge is 2.13. The van der Waals surface area contributed by atoms with Crippen molar-refractivity contribution in [2.75, 3.05) is 0 Å². The molecule has 3 aromatic carbocycles. The molecule has 0 N–H and O–H groups in total. The number of carbonyl (C=O) groups is 3.